The third-order valence-corrected chi connectivity index (χ3v) is 4.97. The summed E-state index contributed by atoms with van der Waals surface area (Å²) in [6.45, 7) is 0. The Morgan fingerprint density at radius 1 is 1.04 bits per heavy atom. The van der Waals surface area contributed by atoms with Crippen LogP contribution in [0.25, 0.3) is 32.8 Å². The molecule has 2 aromatic heterocycles. The first-order valence-electron chi connectivity index (χ1n) is 7.54. The number of methoxy groups -OCH3 is 1. The minimum Gasteiger partial charge on any atom is -0.497 e. The number of nitrogens with zero attached hydrogens (tertiary/aromatic N) is 2. The van der Waals surface area contributed by atoms with Crippen LogP contribution in [-0.2, 0) is 10.2 Å². The second kappa shape index (κ2) is 5.58. The van der Waals surface area contributed by atoms with Crippen LogP contribution in [0.4, 0.5) is 0 Å². The van der Waals surface area contributed by atoms with Crippen molar-refractivity contribution in [1.82, 2.24) is 8.96 Å². The van der Waals surface area contributed by atoms with Crippen molar-refractivity contribution in [1.29, 1.82) is 0 Å². The van der Waals surface area contributed by atoms with Crippen molar-refractivity contribution in [3.05, 3.63) is 61.1 Å². The van der Waals surface area contributed by atoms with Gasteiger partial charge in [-0.15, -0.1) is 0 Å². The maximum absolute atomic E-state index is 11.5. The molecular formula is C18H15N3O3S. The van der Waals surface area contributed by atoms with Crippen molar-refractivity contribution < 1.29 is 13.2 Å². The van der Waals surface area contributed by atoms with Gasteiger partial charge in [-0.3, -0.25) is 4.98 Å². The lowest BCUT2D eigenvalue weighted by molar-refractivity contribution is 0.415. The summed E-state index contributed by atoms with van der Waals surface area (Å²) >= 11 is 0. The summed E-state index contributed by atoms with van der Waals surface area (Å²) in [6.07, 6.45) is 4.77. The first-order chi connectivity index (χ1) is 12.0. The Labute approximate surface area is 144 Å². The number of benzene rings is 2. The van der Waals surface area contributed by atoms with Gasteiger partial charge in [0.1, 0.15) is 5.75 Å². The zero-order valence-electron chi connectivity index (χ0n) is 13.4. The van der Waals surface area contributed by atoms with E-state index in [2.05, 4.69) is 4.98 Å². The first-order valence-corrected chi connectivity index (χ1v) is 9.04. The summed E-state index contributed by atoms with van der Waals surface area (Å²) in [5.74, 6) is 0.748. The normalized spacial score (nSPS) is 11.9. The minimum absolute atomic E-state index is 0.748. The largest absolute Gasteiger partial charge is 0.497 e. The molecule has 2 heterocycles. The molecule has 0 radical (unpaired) electrons. The first kappa shape index (κ1) is 15.6. The fourth-order valence-electron chi connectivity index (χ4n) is 2.94. The van der Waals surface area contributed by atoms with Gasteiger partial charge in [0.15, 0.2) is 0 Å². The molecular weight excluding hydrogens is 338 g/mol. The molecule has 0 aliphatic rings. The smallest absolute Gasteiger partial charge is 0.302 e. The van der Waals surface area contributed by atoms with Gasteiger partial charge in [0.25, 0.3) is 0 Å². The van der Waals surface area contributed by atoms with Crippen molar-refractivity contribution >= 4 is 31.9 Å². The lowest BCUT2D eigenvalue weighted by Crippen LogP contribution is -2.19. The topological polar surface area (TPSA) is 87.2 Å². The van der Waals surface area contributed by atoms with Gasteiger partial charge in [-0.1, -0.05) is 12.1 Å². The molecule has 0 saturated carbocycles. The van der Waals surface area contributed by atoms with E-state index in [-0.39, 0.29) is 0 Å². The summed E-state index contributed by atoms with van der Waals surface area (Å²) < 4.78 is 29.3. The van der Waals surface area contributed by atoms with Crippen molar-refractivity contribution in [2.24, 2.45) is 5.14 Å². The van der Waals surface area contributed by atoms with Gasteiger partial charge >= 0.3 is 10.2 Å². The Balaban J connectivity index is 1.91. The number of rotatable bonds is 3. The molecule has 126 valence electrons. The average Bonchev–Trinajstić information content (AvgIpc) is 3.04. The van der Waals surface area contributed by atoms with Gasteiger partial charge in [0, 0.05) is 40.8 Å². The van der Waals surface area contributed by atoms with E-state index < -0.39 is 10.2 Å². The molecule has 0 atom stereocenters. The molecule has 25 heavy (non-hydrogen) atoms. The molecule has 6 nitrogen and oxygen atoms in total. The number of fused-ring (bicyclic) bond motifs is 2. The third kappa shape index (κ3) is 2.73. The minimum atomic E-state index is -3.79. The standard InChI is InChI=1S/C18H15N3O3S/c1-24-15-4-5-17-16(6-7-20-18(17)9-15)12-2-3-13-10-21(25(19,22)23)11-14(13)8-12/h2-11H,1H3,(H2,19,22,23). The van der Waals surface area contributed by atoms with E-state index in [9.17, 15) is 8.42 Å². The van der Waals surface area contributed by atoms with Crippen molar-refractivity contribution in [3.63, 3.8) is 0 Å². The van der Waals surface area contributed by atoms with E-state index >= 15 is 0 Å². The Hall–Kier alpha value is -2.90. The number of aromatic nitrogens is 2. The molecule has 0 fully saturated rings. The summed E-state index contributed by atoms with van der Waals surface area (Å²) in [7, 11) is -2.17. The van der Waals surface area contributed by atoms with Crippen molar-refractivity contribution in [2.45, 2.75) is 0 Å². The average molecular weight is 353 g/mol. The van der Waals surface area contributed by atoms with Gasteiger partial charge in [-0.05, 0) is 35.4 Å². The molecule has 7 heteroatoms. The quantitative estimate of drug-likeness (QED) is 0.613. The number of hydrogen-bond acceptors (Lipinski definition) is 4. The highest BCUT2D eigenvalue weighted by Gasteiger charge is 2.10. The van der Waals surface area contributed by atoms with E-state index in [1.807, 2.05) is 42.5 Å². The fourth-order valence-corrected chi connectivity index (χ4v) is 3.46. The summed E-state index contributed by atoms with van der Waals surface area (Å²) in [5, 5.41) is 7.78. The predicted molar refractivity (Wildman–Crippen MR) is 97.7 cm³/mol. The Morgan fingerprint density at radius 3 is 2.60 bits per heavy atom. The zero-order valence-corrected chi connectivity index (χ0v) is 14.2. The summed E-state index contributed by atoms with van der Waals surface area (Å²) in [6, 6.07) is 13.5. The molecule has 4 aromatic rings. The molecule has 0 unspecified atom stereocenters. The molecule has 0 spiro atoms. The van der Waals surface area contributed by atoms with Crippen LogP contribution in [0.15, 0.2) is 61.1 Å². The van der Waals surface area contributed by atoms with Gasteiger partial charge in [-0.25, -0.2) is 9.11 Å². The number of hydrogen-bond donors (Lipinski definition) is 1. The van der Waals surface area contributed by atoms with Crippen LogP contribution in [-0.4, -0.2) is 24.5 Å². The highest BCUT2D eigenvalue weighted by molar-refractivity contribution is 7.87. The molecule has 0 amide bonds. The highest BCUT2D eigenvalue weighted by Crippen LogP contribution is 2.31. The monoisotopic (exact) mass is 353 g/mol. The van der Waals surface area contributed by atoms with E-state index in [1.165, 1.54) is 12.4 Å². The van der Waals surface area contributed by atoms with Crippen LogP contribution < -0.4 is 9.88 Å². The molecule has 2 N–H and O–H groups in total. The Kier molecular flexibility index (Phi) is 3.48. The fraction of sp³-hybridized carbons (Fsp3) is 0.0556. The SMILES string of the molecule is COc1ccc2c(-c3ccc4cn(S(N)(=O)=O)cc4c3)ccnc2c1. The summed E-state index contributed by atoms with van der Waals surface area (Å²) in [4.78, 5) is 4.39. The van der Waals surface area contributed by atoms with Crippen molar-refractivity contribution in [3.8, 4) is 16.9 Å². The molecule has 0 aliphatic carbocycles. The van der Waals surface area contributed by atoms with Crippen LogP contribution in [0.5, 0.6) is 5.75 Å². The highest BCUT2D eigenvalue weighted by atomic mass is 32.2. The van der Waals surface area contributed by atoms with Gasteiger partial charge < -0.3 is 4.74 Å². The van der Waals surface area contributed by atoms with Gasteiger partial charge in [-0.2, -0.15) is 8.42 Å². The van der Waals surface area contributed by atoms with Crippen LogP contribution in [0.2, 0.25) is 0 Å². The molecule has 0 saturated heterocycles. The lowest BCUT2D eigenvalue weighted by atomic mass is 10.00. The Morgan fingerprint density at radius 2 is 1.84 bits per heavy atom. The van der Waals surface area contributed by atoms with Crippen LogP contribution in [0.3, 0.4) is 0 Å². The molecule has 0 aliphatic heterocycles. The number of ether oxygens (including phenoxy) is 1. The maximum atomic E-state index is 11.5. The van der Waals surface area contributed by atoms with Crippen LogP contribution in [0, 0.1) is 0 Å². The molecule has 2 aromatic carbocycles. The zero-order chi connectivity index (χ0) is 17.6. The molecule has 0 bridgehead atoms. The Bertz CT molecular complexity index is 1210. The maximum Gasteiger partial charge on any atom is 0.302 e. The molecule has 4 rings (SSSR count). The van der Waals surface area contributed by atoms with E-state index in [0.29, 0.717) is 0 Å². The van der Waals surface area contributed by atoms with E-state index in [4.69, 9.17) is 9.88 Å². The van der Waals surface area contributed by atoms with Gasteiger partial charge in [0.2, 0.25) is 0 Å². The second-order valence-corrected chi connectivity index (χ2v) is 7.17. The number of pyridine rings is 1. The summed E-state index contributed by atoms with van der Waals surface area (Å²) in [5.41, 5.74) is 2.81. The van der Waals surface area contributed by atoms with Crippen molar-refractivity contribution in [2.75, 3.05) is 7.11 Å². The van der Waals surface area contributed by atoms with Gasteiger partial charge in [0.05, 0.1) is 12.6 Å². The van der Waals surface area contributed by atoms with E-state index in [0.717, 1.165) is 42.5 Å². The number of nitrogens with two attached hydrogens (primary N) is 1. The lowest BCUT2D eigenvalue weighted by Gasteiger charge is -2.08. The second-order valence-electron chi connectivity index (χ2n) is 5.72. The van der Waals surface area contributed by atoms with E-state index in [1.54, 1.807) is 13.3 Å². The van der Waals surface area contributed by atoms with Crippen LogP contribution in [0.1, 0.15) is 0 Å². The van der Waals surface area contributed by atoms with Crippen LogP contribution >= 0.6 is 0 Å². The predicted octanol–water partition coefficient (Wildman–Crippen LogP) is 2.92. The third-order valence-electron chi connectivity index (χ3n) is 4.17.